The predicted molar refractivity (Wildman–Crippen MR) is 80.7 cm³/mol. The third-order valence-electron chi connectivity index (χ3n) is 4.12. The van der Waals surface area contributed by atoms with Crippen LogP contribution in [0.2, 0.25) is 0 Å². The largest absolute Gasteiger partial charge is 0.376 e. The number of carbonyl (C=O) groups excluding carboxylic acids is 1. The summed E-state index contributed by atoms with van der Waals surface area (Å²) in [6, 6.07) is 0.0805. The van der Waals surface area contributed by atoms with Gasteiger partial charge in [0, 0.05) is 26.2 Å². The number of urea groups is 1. The fourth-order valence-electron chi connectivity index (χ4n) is 2.95. The van der Waals surface area contributed by atoms with E-state index >= 15 is 0 Å². The molecule has 2 amide bonds. The molecule has 2 atom stereocenters. The van der Waals surface area contributed by atoms with Gasteiger partial charge in [0.15, 0.2) is 0 Å². The van der Waals surface area contributed by atoms with E-state index in [1.165, 1.54) is 6.42 Å². The highest BCUT2D eigenvalue weighted by Crippen LogP contribution is 2.21. The van der Waals surface area contributed by atoms with Gasteiger partial charge in [-0.15, -0.1) is 0 Å². The molecule has 1 aliphatic heterocycles. The number of nitrogens with zero attached hydrogens (tertiary/aromatic N) is 1. The topological polar surface area (TPSA) is 41.6 Å². The predicted octanol–water partition coefficient (Wildman–Crippen LogP) is 2.94. The van der Waals surface area contributed by atoms with Crippen LogP contribution in [0.5, 0.6) is 0 Å². The van der Waals surface area contributed by atoms with E-state index in [4.69, 9.17) is 4.74 Å². The number of allylic oxidation sites excluding steroid dienone is 2. The molecule has 1 heterocycles. The molecule has 2 rings (SSSR count). The van der Waals surface area contributed by atoms with Gasteiger partial charge in [-0.1, -0.05) is 19.1 Å². The van der Waals surface area contributed by atoms with E-state index in [-0.39, 0.29) is 12.1 Å². The monoisotopic (exact) mass is 280 g/mol. The average molecular weight is 280 g/mol. The fraction of sp³-hybridized carbons (Fsp3) is 0.812. The van der Waals surface area contributed by atoms with Gasteiger partial charge in [-0.05, 0) is 44.4 Å². The number of ether oxygens (including phenoxy) is 1. The molecule has 114 valence electrons. The first kappa shape index (κ1) is 15.4. The van der Waals surface area contributed by atoms with E-state index in [9.17, 15) is 4.79 Å². The number of carbonyl (C=O) groups is 1. The molecule has 0 saturated carbocycles. The average Bonchev–Trinajstić information content (AvgIpc) is 2.98. The van der Waals surface area contributed by atoms with E-state index in [1.54, 1.807) is 0 Å². The number of amides is 2. The summed E-state index contributed by atoms with van der Waals surface area (Å²) in [6.45, 7) is 5.29. The Bertz CT molecular complexity index is 324. The number of hydrogen-bond donors (Lipinski definition) is 1. The van der Waals surface area contributed by atoms with Crippen LogP contribution in [-0.4, -0.2) is 43.3 Å². The molecule has 1 fully saturated rings. The van der Waals surface area contributed by atoms with Gasteiger partial charge < -0.3 is 15.0 Å². The second kappa shape index (κ2) is 8.30. The minimum absolute atomic E-state index is 0.0805. The van der Waals surface area contributed by atoms with Crippen molar-refractivity contribution in [2.75, 3.05) is 26.2 Å². The zero-order chi connectivity index (χ0) is 14.2. The molecule has 4 heteroatoms. The van der Waals surface area contributed by atoms with Crippen molar-refractivity contribution in [2.45, 2.75) is 51.6 Å². The van der Waals surface area contributed by atoms with Gasteiger partial charge in [-0.2, -0.15) is 0 Å². The minimum Gasteiger partial charge on any atom is -0.376 e. The van der Waals surface area contributed by atoms with Crippen LogP contribution in [0.3, 0.4) is 0 Å². The van der Waals surface area contributed by atoms with Crippen LogP contribution in [0.15, 0.2) is 12.2 Å². The van der Waals surface area contributed by atoms with Crippen molar-refractivity contribution in [3.05, 3.63) is 12.2 Å². The molecule has 1 aliphatic carbocycles. The van der Waals surface area contributed by atoms with Gasteiger partial charge in [0.05, 0.1) is 6.10 Å². The normalized spacial score (nSPS) is 25.6. The highest BCUT2D eigenvalue weighted by molar-refractivity contribution is 5.74. The maximum Gasteiger partial charge on any atom is 0.317 e. The Balaban J connectivity index is 1.87. The Hall–Kier alpha value is -1.03. The van der Waals surface area contributed by atoms with E-state index in [0.717, 1.165) is 58.3 Å². The zero-order valence-electron chi connectivity index (χ0n) is 12.6. The molecule has 1 saturated heterocycles. The molecule has 0 aromatic rings. The first-order valence-corrected chi connectivity index (χ1v) is 8.09. The lowest BCUT2D eigenvalue weighted by atomic mass is 9.94. The van der Waals surface area contributed by atoms with E-state index < -0.39 is 0 Å². The summed E-state index contributed by atoms with van der Waals surface area (Å²) in [5.74, 6) is 0.605. The van der Waals surface area contributed by atoms with Crippen molar-refractivity contribution in [3.63, 3.8) is 0 Å². The maximum atomic E-state index is 12.3. The third-order valence-corrected chi connectivity index (χ3v) is 4.12. The molecule has 0 aromatic heterocycles. The highest BCUT2D eigenvalue weighted by Gasteiger charge is 2.24. The van der Waals surface area contributed by atoms with Gasteiger partial charge in [-0.3, -0.25) is 0 Å². The Morgan fingerprint density at radius 3 is 2.90 bits per heavy atom. The molecule has 20 heavy (non-hydrogen) atoms. The standard InChI is InChI=1S/C16H28N2O2/c1-2-10-17-16(19)18(13-15-9-6-11-20-15)12-14-7-4-3-5-8-14/h3-4,14-15H,2,5-13H2,1H3,(H,17,19)/t14-,15+/m0/s1. The van der Waals surface area contributed by atoms with Gasteiger partial charge in [0.25, 0.3) is 0 Å². The van der Waals surface area contributed by atoms with Crippen molar-refractivity contribution >= 4 is 6.03 Å². The van der Waals surface area contributed by atoms with E-state index in [2.05, 4.69) is 24.4 Å². The maximum absolute atomic E-state index is 12.3. The highest BCUT2D eigenvalue weighted by atomic mass is 16.5. The van der Waals surface area contributed by atoms with Crippen molar-refractivity contribution in [3.8, 4) is 0 Å². The van der Waals surface area contributed by atoms with Crippen LogP contribution in [-0.2, 0) is 4.74 Å². The zero-order valence-corrected chi connectivity index (χ0v) is 12.6. The molecule has 2 aliphatic rings. The molecule has 0 aromatic carbocycles. The second-order valence-electron chi connectivity index (χ2n) is 5.92. The smallest absolute Gasteiger partial charge is 0.317 e. The Labute approximate surface area is 122 Å². The van der Waals surface area contributed by atoms with Crippen molar-refractivity contribution in [1.82, 2.24) is 10.2 Å². The van der Waals surface area contributed by atoms with E-state index in [0.29, 0.717) is 5.92 Å². The lowest BCUT2D eigenvalue weighted by Gasteiger charge is -2.30. The van der Waals surface area contributed by atoms with Crippen molar-refractivity contribution in [1.29, 1.82) is 0 Å². The lowest BCUT2D eigenvalue weighted by Crippen LogP contribution is -2.46. The second-order valence-corrected chi connectivity index (χ2v) is 5.92. The minimum atomic E-state index is 0.0805. The van der Waals surface area contributed by atoms with Crippen molar-refractivity contribution < 1.29 is 9.53 Å². The van der Waals surface area contributed by atoms with Gasteiger partial charge >= 0.3 is 6.03 Å². The number of hydrogen-bond acceptors (Lipinski definition) is 2. The van der Waals surface area contributed by atoms with Crippen molar-refractivity contribution in [2.24, 2.45) is 5.92 Å². The van der Waals surface area contributed by atoms with Crippen LogP contribution in [0.25, 0.3) is 0 Å². The summed E-state index contributed by atoms with van der Waals surface area (Å²) in [7, 11) is 0. The van der Waals surface area contributed by atoms with E-state index in [1.807, 2.05) is 4.90 Å². The summed E-state index contributed by atoms with van der Waals surface area (Å²) < 4.78 is 5.69. The van der Waals surface area contributed by atoms with Crippen LogP contribution < -0.4 is 5.32 Å². The first-order valence-electron chi connectivity index (χ1n) is 8.09. The summed E-state index contributed by atoms with van der Waals surface area (Å²) >= 11 is 0. The number of nitrogens with one attached hydrogen (secondary N) is 1. The molecule has 1 N–H and O–H groups in total. The third kappa shape index (κ3) is 4.82. The first-order chi connectivity index (χ1) is 9.79. The molecule has 0 radical (unpaired) electrons. The molecule has 4 nitrogen and oxygen atoms in total. The summed E-state index contributed by atoms with van der Waals surface area (Å²) in [4.78, 5) is 14.3. The van der Waals surface area contributed by atoms with Gasteiger partial charge in [0.1, 0.15) is 0 Å². The summed E-state index contributed by atoms with van der Waals surface area (Å²) in [5, 5.41) is 3.01. The molecule has 0 spiro atoms. The summed E-state index contributed by atoms with van der Waals surface area (Å²) in [5.41, 5.74) is 0. The van der Waals surface area contributed by atoms with Crippen LogP contribution >= 0.6 is 0 Å². The Kier molecular flexibility index (Phi) is 6.37. The molecule has 0 unspecified atom stereocenters. The summed E-state index contributed by atoms with van der Waals surface area (Å²) in [6.07, 6.45) is 11.4. The lowest BCUT2D eigenvalue weighted by molar-refractivity contribution is 0.0765. The quantitative estimate of drug-likeness (QED) is 0.760. The van der Waals surface area contributed by atoms with Gasteiger partial charge in [0.2, 0.25) is 0 Å². The Morgan fingerprint density at radius 1 is 1.35 bits per heavy atom. The fourth-order valence-corrected chi connectivity index (χ4v) is 2.95. The Morgan fingerprint density at radius 2 is 2.25 bits per heavy atom. The number of rotatable bonds is 6. The molecular formula is C16H28N2O2. The van der Waals surface area contributed by atoms with Crippen LogP contribution in [0.1, 0.15) is 45.4 Å². The molecule has 0 bridgehead atoms. The molecular weight excluding hydrogens is 252 g/mol. The van der Waals surface area contributed by atoms with Gasteiger partial charge in [-0.25, -0.2) is 4.79 Å². The van der Waals surface area contributed by atoms with Crippen LogP contribution in [0.4, 0.5) is 4.79 Å². The van der Waals surface area contributed by atoms with Crippen LogP contribution in [0, 0.1) is 5.92 Å². The SMILES string of the molecule is CCCNC(=O)N(C[C@H]1CC=CCC1)C[C@H]1CCCO1.